The number of para-hydroxylation sites is 1. The summed E-state index contributed by atoms with van der Waals surface area (Å²) in [5.41, 5.74) is 4.69. The molecule has 4 rings (SSSR count). The summed E-state index contributed by atoms with van der Waals surface area (Å²) in [7, 11) is 1.44. The number of aromatic nitrogens is 1. The second kappa shape index (κ2) is 9.42. The van der Waals surface area contributed by atoms with Crippen LogP contribution in [0.2, 0.25) is 0 Å². The summed E-state index contributed by atoms with van der Waals surface area (Å²) in [5, 5.41) is 4.55. The molecular weight excluding hydrogens is 372 g/mol. The smallest absolute Gasteiger partial charge is 0.323 e. The Morgan fingerprint density at radius 2 is 1.53 bits per heavy atom. The Bertz CT molecular complexity index is 1100. The number of carbonyl (C=O) groups excluding carboxylic acids is 1. The molecule has 1 aromatic heterocycles. The molecule has 4 heteroatoms. The fraction of sp³-hybridized carbons (Fsp3) is 0.192. The number of rotatable bonds is 8. The van der Waals surface area contributed by atoms with Crippen molar-refractivity contribution in [3.63, 3.8) is 0 Å². The predicted octanol–water partition coefficient (Wildman–Crippen LogP) is 4.56. The number of methoxy groups -OCH3 is 1. The molecular formula is C26H26N2O2. The van der Waals surface area contributed by atoms with E-state index in [1.54, 1.807) is 0 Å². The van der Waals surface area contributed by atoms with Crippen molar-refractivity contribution >= 4 is 16.9 Å². The number of hydrogen-bond acceptors (Lipinski definition) is 3. The fourth-order valence-corrected chi connectivity index (χ4v) is 3.83. The van der Waals surface area contributed by atoms with Gasteiger partial charge in [0.15, 0.2) is 0 Å². The monoisotopic (exact) mass is 398 g/mol. The third-order valence-corrected chi connectivity index (χ3v) is 5.37. The van der Waals surface area contributed by atoms with Crippen molar-refractivity contribution in [2.75, 3.05) is 7.11 Å². The molecule has 0 fully saturated rings. The molecule has 1 N–H and O–H groups in total. The van der Waals surface area contributed by atoms with E-state index in [4.69, 9.17) is 4.74 Å². The van der Waals surface area contributed by atoms with Gasteiger partial charge in [-0.15, -0.1) is 0 Å². The summed E-state index contributed by atoms with van der Waals surface area (Å²) in [6.07, 6.45) is 2.74. The van der Waals surface area contributed by atoms with Crippen molar-refractivity contribution in [1.29, 1.82) is 0 Å². The van der Waals surface area contributed by atoms with Gasteiger partial charge < -0.3 is 14.6 Å². The average Bonchev–Trinajstić information content (AvgIpc) is 3.14. The van der Waals surface area contributed by atoms with E-state index < -0.39 is 6.04 Å². The van der Waals surface area contributed by atoms with Crippen LogP contribution in [-0.2, 0) is 29.0 Å². The molecule has 30 heavy (non-hydrogen) atoms. The van der Waals surface area contributed by atoms with Gasteiger partial charge in [0.1, 0.15) is 6.04 Å². The molecule has 0 aliphatic carbocycles. The lowest BCUT2D eigenvalue weighted by Crippen LogP contribution is -2.39. The van der Waals surface area contributed by atoms with Gasteiger partial charge in [0, 0.05) is 36.6 Å². The minimum absolute atomic E-state index is 0.245. The van der Waals surface area contributed by atoms with E-state index >= 15 is 0 Å². The summed E-state index contributed by atoms with van der Waals surface area (Å²) in [6.45, 7) is 1.41. The Hall–Kier alpha value is -3.37. The molecule has 3 aromatic carbocycles. The maximum atomic E-state index is 12.5. The van der Waals surface area contributed by atoms with E-state index in [0.717, 1.165) is 17.7 Å². The predicted molar refractivity (Wildman–Crippen MR) is 120 cm³/mol. The van der Waals surface area contributed by atoms with Crippen molar-refractivity contribution in [2.24, 2.45) is 0 Å². The molecule has 0 unspecified atom stereocenters. The van der Waals surface area contributed by atoms with Crippen LogP contribution >= 0.6 is 0 Å². The second-order valence-corrected chi connectivity index (χ2v) is 7.43. The minimum atomic E-state index is -0.411. The van der Waals surface area contributed by atoms with Gasteiger partial charge >= 0.3 is 5.97 Å². The molecule has 0 radical (unpaired) electrons. The van der Waals surface area contributed by atoms with Crippen LogP contribution < -0.4 is 5.32 Å². The van der Waals surface area contributed by atoms with Crippen molar-refractivity contribution < 1.29 is 9.53 Å². The standard InChI is InChI=1S/C26H26N2O2/c1-30-26(29)24(27-17-20-10-4-2-5-11-20)16-22-19-28(18-21-12-6-3-7-13-21)25-15-9-8-14-23(22)25/h2-15,19,24,27H,16-18H2,1H3/t24-/m0/s1. The molecule has 0 saturated heterocycles. The lowest BCUT2D eigenvalue weighted by Gasteiger charge is -2.16. The molecule has 0 saturated carbocycles. The number of fused-ring (bicyclic) bond motifs is 1. The number of carbonyl (C=O) groups is 1. The van der Waals surface area contributed by atoms with Crippen LogP contribution in [-0.4, -0.2) is 23.7 Å². The first-order valence-corrected chi connectivity index (χ1v) is 10.2. The second-order valence-electron chi connectivity index (χ2n) is 7.43. The van der Waals surface area contributed by atoms with E-state index in [1.165, 1.54) is 23.6 Å². The maximum absolute atomic E-state index is 12.5. The van der Waals surface area contributed by atoms with Gasteiger partial charge in [-0.3, -0.25) is 4.79 Å². The number of esters is 1. The largest absolute Gasteiger partial charge is 0.468 e. The fourth-order valence-electron chi connectivity index (χ4n) is 3.83. The summed E-state index contributed by atoms with van der Waals surface area (Å²) < 4.78 is 7.33. The topological polar surface area (TPSA) is 43.3 Å². The Kier molecular flexibility index (Phi) is 6.26. The Morgan fingerprint density at radius 3 is 2.23 bits per heavy atom. The summed E-state index contributed by atoms with van der Waals surface area (Å²) in [6, 6.07) is 28.4. The third kappa shape index (κ3) is 4.61. The first kappa shape index (κ1) is 19.9. The Labute approximate surface area is 177 Å². The summed E-state index contributed by atoms with van der Waals surface area (Å²) >= 11 is 0. The number of nitrogens with zero attached hydrogens (tertiary/aromatic N) is 1. The molecule has 0 aliphatic heterocycles. The quantitative estimate of drug-likeness (QED) is 0.443. The van der Waals surface area contributed by atoms with Gasteiger partial charge in [-0.25, -0.2) is 0 Å². The zero-order valence-electron chi connectivity index (χ0n) is 17.1. The van der Waals surface area contributed by atoms with Gasteiger partial charge in [-0.2, -0.15) is 0 Å². The Balaban J connectivity index is 1.59. The molecule has 152 valence electrons. The van der Waals surface area contributed by atoms with Crippen LogP contribution in [0.25, 0.3) is 10.9 Å². The molecule has 4 aromatic rings. The van der Waals surface area contributed by atoms with Crippen molar-refractivity contribution in [2.45, 2.75) is 25.6 Å². The normalized spacial score (nSPS) is 12.0. The Morgan fingerprint density at radius 1 is 0.900 bits per heavy atom. The highest BCUT2D eigenvalue weighted by Crippen LogP contribution is 2.24. The molecule has 0 amide bonds. The van der Waals surface area contributed by atoms with E-state index in [9.17, 15) is 4.79 Å². The van der Waals surface area contributed by atoms with Crippen LogP contribution in [0.15, 0.2) is 91.1 Å². The lowest BCUT2D eigenvalue weighted by atomic mass is 10.0. The van der Waals surface area contributed by atoms with E-state index in [0.29, 0.717) is 13.0 Å². The van der Waals surface area contributed by atoms with Crippen molar-refractivity contribution in [3.8, 4) is 0 Å². The first-order valence-electron chi connectivity index (χ1n) is 10.2. The number of hydrogen-bond donors (Lipinski definition) is 1. The summed E-state index contributed by atoms with van der Waals surface area (Å²) in [5.74, 6) is -0.245. The van der Waals surface area contributed by atoms with Gasteiger partial charge in [0.2, 0.25) is 0 Å². The maximum Gasteiger partial charge on any atom is 0.323 e. The SMILES string of the molecule is COC(=O)[C@H](Cc1cn(Cc2ccccc2)c2ccccc12)NCc1ccccc1. The van der Waals surface area contributed by atoms with E-state index in [-0.39, 0.29) is 5.97 Å². The van der Waals surface area contributed by atoms with Crippen LogP contribution in [0.3, 0.4) is 0 Å². The number of nitrogens with one attached hydrogen (secondary N) is 1. The van der Waals surface area contributed by atoms with Crippen LogP contribution in [0.1, 0.15) is 16.7 Å². The minimum Gasteiger partial charge on any atom is -0.468 e. The summed E-state index contributed by atoms with van der Waals surface area (Å²) in [4.78, 5) is 12.5. The van der Waals surface area contributed by atoms with Gasteiger partial charge in [-0.1, -0.05) is 78.9 Å². The zero-order valence-corrected chi connectivity index (χ0v) is 17.1. The molecule has 0 aliphatic rings. The van der Waals surface area contributed by atoms with E-state index in [2.05, 4.69) is 58.5 Å². The van der Waals surface area contributed by atoms with Gasteiger partial charge in [-0.05, 0) is 22.8 Å². The van der Waals surface area contributed by atoms with Crippen molar-refractivity contribution in [3.05, 3.63) is 108 Å². The van der Waals surface area contributed by atoms with Crippen LogP contribution in [0.4, 0.5) is 0 Å². The van der Waals surface area contributed by atoms with Gasteiger partial charge in [0.05, 0.1) is 7.11 Å². The van der Waals surface area contributed by atoms with Crippen molar-refractivity contribution in [1.82, 2.24) is 9.88 Å². The lowest BCUT2D eigenvalue weighted by molar-refractivity contribution is -0.143. The third-order valence-electron chi connectivity index (χ3n) is 5.37. The highest BCUT2D eigenvalue weighted by Gasteiger charge is 2.21. The highest BCUT2D eigenvalue weighted by molar-refractivity contribution is 5.85. The molecule has 0 bridgehead atoms. The highest BCUT2D eigenvalue weighted by atomic mass is 16.5. The average molecular weight is 399 g/mol. The zero-order chi connectivity index (χ0) is 20.8. The molecule has 1 heterocycles. The molecule has 1 atom stereocenters. The van der Waals surface area contributed by atoms with Crippen LogP contribution in [0.5, 0.6) is 0 Å². The van der Waals surface area contributed by atoms with E-state index in [1.807, 2.05) is 42.5 Å². The van der Waals surface area contributed by atoms with Gasteiger partial charge in [0.25, 0.3) is 0 Å². The first-order chi connectivity index (χ1) is 14.7. The van der Waals surface area contributed by atoms with Crippen LogP contribution in [0, 0.1) is 0 Å². The molecule has 0 spiro atoms. The molecule has 4 nitrogen and oxygen atoms in total. The number of benzene rings is 3. The number of ether oxygens (including phenoxy) is 1.